The molecular formula is C16H27Cl2N3. The van der Waals surface area contributed by atoms with Gasteiger partial charge in [-0.3, -0.25) is 9.80 Å². The molecule has 1 aromatic carbocycles. The molecule has 2 aliphatic heterocycles. The average molecular weight is 332 g/mol. The van der Waals surface area contributed by atoms with Gasteiger partial charge >= 0.3 is 0 Å². The van der Waals surface area contributed by atoms with E-state index in [4.69, 9.17) is 5.73 Å². The van der Waals surface area contributed by atoms with Gasteiger partial charge in [0, 0.05) is 37.4 Å². The summed E-state index contributed by atoms with van der Waals surface area (Å²) in [5.41, 5.74) is 8.10. The van der Waals surface area contributed by atoms with Crippen LogP contribution in [0.4, 0.5) is 5.69 Å². The number of halogens is 2. The predicted molar refractivity (Wildman–Crippen MR) is 94.4 cm³/mol. The minimum absolute atomic E-state index is 0. The number of nitrogens with two attached hydrogens (primary N) is 1. The number of benzene rings is 1. The Morgan fingerprint density at radius 2 is 2.00 bits per heavy atom. The second-order valence-corrected chi connectivity index (χ2v) is 6.17. The molecule has 0 radical (unpaired) electrons. The second-order valence-electron chi connectivity index (χ2n) is 6.17. The average Bonchev–Trinajstić information content (AvgIpc) is 2.40. The third kappa shape index (κ3) is 4.49. The minimum atomic E-state index is 0. The van der Waals surface area contributed by atoms with E-state index in [0.717, 1.165) is 18.3 Å². The molecule has 21 heavy (non-hydrogen) atoms. The quantitative estimate of drug-likeness (QED) is 0.845. The first-order valence-electron chi connectivity index (χ1n) is 7.55. The van der Waals surface area contributed by atoms with Crippen molar-refractivity contribution in [3.8, 4) is 0 Å². The van der Waals surface area contributed by atoms with Crippen LogP contribution in [0, 0.1) is 0 Å². The van der Waals surface area contributed by atoms with Crippen LogP contribution in [0.1, 0.15) is 31.7 Å². The summed E-state index contributed by atoms with van der Waals surface area (Å²) in [5.74, 6) is 0. The van der Waals surface area contributed by atoms with E-state index >= 15 is 0 Å². The van der Waals surface area contributed by atoms with Gasteiger partial charge in [-0.15, -0.1) is 24.8 Å². The monoisotopic (exact) mass is 331 g/mol. The highest BCUT2D eigenvalue weighted by molar-refractivity contribution is 5.85. The minimum Gasteiger partial charge on any atom is -0.399 e. The summed E-state index contributed by atoms with van der Waals surface area (Å²) in [4.78, 5) is 5.32. The van der Waals surface area contributed by atoms with Gasteiger partial charge in [-0.2, -0.15) is 0 Å². The van der Waals surface area contributed by atoms with Gasteiger partial charge in [-0.1, -0.05) is 18.6 Å². The van der Waals surface area contributed by atoms with Crippen molar-refractivity contribution in [1.29, 1.82) is 0 Å². The molecule has 3 rings (SSSR count). The molecule has 1 aromatic rings. The number of anilines is 1. The molecule has 2 saturated heterocycles. The molecule has 2 aliphatic rings. The number of fused-ring (bicyclic) bond motifs is 1. The molecular weight excluding hydrogens is 305 g/mol. The van der Waals surface area contributed by atoms with E-state index in [-0.39, 0.29) is 24.8 Å². The lowest BCUT2D eigenvalue weighted by Gasteiger charge is -2.47. The highest BCUT2D eigenvalue weighted by Gasteiger charge is 2.32. The largest absolute Gasteiger partial charge is 0.399 e. The lowest BCUT2D eigenvalue weighted by Crippen LogP contribution is -2.58. The summed E-state index contributed by atoms with van der Waals surface area (Å²) in [5, 5.41) is 0. The van der Waals surface area contributed by atoms with Crippen molar-refractivity contribution >= 4 is 30.5 Å². The van der Waals surface area contributed by atoms with Gasteiger partial charge < -0.3 is 5.73 Å². The Kier molecular flexibility index (Phi) is 7.28. The summed E-state index contributed by atoms with van der Waals surface area (Å²) < 4.78 is 0. The zero-order valence-corrected chi connectivity index (χ0v) is 14.3. The zero-order chi connectivity index (χ0) is 13.2. The summed E-state index contributed by atoms with van der Waals surface area (Å²) in [6.45, 7) is 7.15. The molecule has 0 aliphatic carbocycles. The lowest BCUT2D eigenvalue weighted by molar-refractivity contribution is 0.0111. The second kappa shape index (κ2) is 8.23. The van der Waals surface area contributed by atoms with Crippen molar-refractivity contribution in [3.63, 3.8) is 0 Å². The fourth-order valence-electron chi connectivity index (χ4n) is 3.56. The Labute approximate surface area is 140 Å². The van der Waals surface area contributed by atoms with Gasteiger partial charge in [0.25, 0.3) is 0 Å². The first-order valence-corrected chi connectivity index (χ1v) is 7.55. The maximum atomic E-state index is 5.88. The molecule has 2 unspecified atom stereocenters. The first kappa shape index (κ1) is 18.6. The van der Waals surface area contributed by atoms with Crippen LogP contribution in [-0.2, 0) is 6.54 Å². The number of nitrogens with zero attached hydrogens (tertiary/aromatic N) is 2. The SMILES string of the molecule is CC1CN2CCCCC2CN1Cc1cccc(N)c1.Cl.Cl. The highest BCUT2D eigenvalue weighted by Crippen LogP contribution is 2.25. The normalized spacial score (nSPS) is 26.3. The molecule has 2 fully saturated rings. The lowest BCUT2D eigenvalue weighted by atomic mass is 9.96. The Morgan fingerprint density at radius 3 is 2.76 bits per heavy atom. The van der Waals surface area contributed by atoms with Crippen molar-refractivity contribution in [1.82, 2.24) is 9.80 Å². The van der Waals surface area contributed by atoms with E-state index in [0.29, 0.717) is 6.04 Å². The third-order valence-corrected chi connectivity index (χ3v) is 4.65. The van der Waals surface area contributed by atoms with Crippen LogP contribution in [0.15, 0.2) is 24.3 Å². The van der Waals surface area contributed by atoms with E-state index in [1.54, 1.807) is 0 Å². The maximum Gasteiger partial charge on any atom is 0.0317 e. The molecule has 0 aromatic heterocycles. The molecule has 3 nitrogen and oxygen atoms in total. The van der Waals surface area contributed by atoms with E-state index < -0.39 is 0 Å². The van der Waals surface area contributed by atoms with Gasteiger partial charge in [0.2, 0.25) is 0 Å². The molecule has 2 N–H and O–H groups in total. The number of rotatable bonds is 2. The molecule has 0 spiro atoms. The Balaban J connectivity index is 0.00000110. The number of hydrogen-bond acceptors (Lipinski definition) is 3. The van der Waals surface area contributed by atoms with E-state index in [1.807, 2.05) is 6.07 Å². The van der Waals surface area contributed by atoms with Crippen molar-refractivity contribution in [3.05, 3.63) is 29.8 Å². The van der Waals surface area contributed by atoms with Gasteiger partial charge in [0.05, 0.1) is 0 Å². The van der Waals surface area contributed by atoms with Crippen molar-refractivity contribution in [2.24, 2.45) is 0 Å². The Hall–Kier alpha value is -0.480. The molecule has 0 bridgehead atoms. The van der Waals surface area contributed by atoms with E-state index in [2.05, 4.69) is 34.9 Å². The number of nitrogen functional groups attached to an aromatic ring is 1. The summed E-state index contributed by atoms with van der Waals surface area (Å²) >= 11 is 0. The van der Waals surface area contributed by atoms with E-state index in [1.165, 1.54) is 44.5 Å². The molecule has 0 saturated carbocycles. The van der Waals surface area contributed by atoms with Gasteiger partial charge in [-0.05, 0) is 44.0 Å². The summed E-state index contributed by atoms with van der Waals surface area (Å²) in [6, 6.07) is 9.76. The van der Waals surface area contributed by atoms with Gasteiger partial charge in [0.15, 0.2) is 0 Å². The van der Waals surface area contributed by atoms with Crippen LogP contribution in [0.3, 0.4) is 0 Å². The number of piperidine rings is 1. The van der Waals surface area contributed by atoms with Gasteiger partial charge in [-0.25, -0.2) is 0 Å². The van der Waals surface area contributed by atoms with E-state index in [9.17, 15) is 0 Å². The smallest absolute Gasteiger partial charge is 0.0317 e. The molecule has 120 valence electrons. The fourth-order valence-corrected chi connectivity index (χ4v) is 3.56. The van der Waals surface area contributed by atoms with Gasteiger partial charge in [0.1, 0.15) is 0 Å². The molecule has 2 heterocycles. The van der Waals surface area contributed by atoms with Crippen molar-refractivity contribution in [2.45, 2.75) is 44.8 Å². The van der Waals surface area contributed by atoms with Crippen LogP contribution in [0.5, 0.6) is 0 Å². The topological polar surface area (TPSA) is 32.5 Å². The predicted octanol–water partition coefficient (Wildman–Crippen LogP) is 3.17. The zero-order valence-electron chi connectivity index (χ0n) is 12.7. The molecule has 0 amide bonds. The Bertz CT molecular complexity index is 441. The Morgan fingerprint density at radius 1 is 1.19 bits per heavy atom. The summed E-state index contributed by atoms with van der Waals surface area (Å²) in [7, 11) is 0. The van der Waals surface area contributed by atoms with Crippen LogP contribution in [-0.4, -0.2) is 41.5 Å². The first-order chi connectivity index (χ1) is 9.22. The van der Waals surface area contributed by atoms with Crippen molar-refractivity contribution in [2.75, 3.05) is 25.4 Å². The van der Waals surface area contributed by atoms with Crippen LogP contribution >= 0.6 is 24.8 Å². The van der Waals surface area contributed by atoms with Crippen LogP contribution in [0.25, 0.3) is 0 Å². The fraction of sp³-hybridized carbons (Fsp3) is 0.625. The maximum absolute atomic E-state index is 5.88. The molecule has 2 atom stereocenters. The highest BCUT2D eigenvalue weighted by atomic mass is 35.5. The van der Waals surface area contributed by atoms with Crippen LogP contribution < -0.4 is 5.73 Å². The number of hydrogen-bond donors (Lipinski definition) is 1. The summed E-state index contributed by atoms with van der Waals surface area (Å²) in [6.07, 6.45) is 4.17. The van der Waals surface area contributed by atoms with Crippen LogP contribution in [0.2, 0.25) is 0 Å². The van der Waals surface area contributed by atoms with Crippen molar-refractivity contribution < 1.29 is 0 Å². The standard InChI is InChI=1S/C16H25N3.2ClH/c1-13-10-18-8-3-2-7-16(18)12-19(13)11-14-5-4-6-15(17)9-14;;/h4-6,9,13,16H,2-3,7-8,10-12,17H2,1H3;2*1H. The third-order valence-electron chi connectivity index (χ3n) is 4.65. The number of piperazine rings is 1. The molecule has 5 heteroatoms.